The van der Waals surface area contributed by atoms with E-state index in [1.54, 1.807) is 13.8 Å². The van der Waals surface area contributed by atoms with Crippen molar-refractivity contribution in [1.29, 1.82) is 0 Å². The van der Waals surface area contributed by atoms with Crippen LogP contribution in [0.3, 0.4) is 0 Å². The van der Waals surface area contributed by atoms with E-state index >= 15 is 0 Å². The Hall–Kier alpha value is -4.93. The molecule has 0 spiro atoms. The Morgan fingerprint density at radius 3 is 1.66 bits per heavy atom. The van der Waals surface area contributed by atoms with Gasteiger partial charge in [-0.1, -0.05) is 181 Å². The molecule has 2 N–H and O–H groups in total. The predicted octanol–water partition coefficient (Wildman–Crippen LogP) is 15.4. The first-order chi connectivity index (χ1) is 36.1. The molecule has 74 heavy (non-hydrogen) atoms. The fraction of sp³-hybridized carbons (Fsp3) is 0.609. The molecule has 0 aliphatic carbocycles. The van der Waals surface area contributed by atoms with Crippen LogP contribution in [0.4, 0.5) is 4.79 Å². The smallest absolute Gasteiger partial charge is 0.465 e. The van der Waals surface area contributed by atoms with Crippen molar-refractivity contribution in [2.45, 2.75) is 244 Å². The van der Waals surface area contributed by atoms with Gasteiger partial charge in [-0.2, -0.15) is 0 Å². The topological polar surface area (TPSA) is 137 Å². The third-order valence-corrected chi connectivity index (χ3v) is 13.6. The lowest BCUT2D eigenvalue weighted by Gasteiger charge is -2.34. The largest absolute Gasteiger partial charge is 0.510 e. The average Bonchev–Trinajstić information content (AvgIpc) is 3.39. The number of rotatable bonds is 43. The highest BCUT2D eigenvalue weighted by Crippen LogP contribution is 2.28. The molecule has 0 radical (unpaired) electrons. The Morgan fingerprint density at radius 1 is 0.622 bits per heavy atom. The standard InChI is InChI=1S/C64H96N2O8/c1-5-8-10-12-14-16-18-20-22-24-26-28-30-32-37-44-55(67)50-57(51-56(68)45-38-33-31-29-27-25-23-21-19-17-15-13-11-9-6-2)73-64(71)74-60-49-54-43-39-40-46-58(54)61(66-60)62(69)52(4)65-59(63(70)72-7-3)48-47-53-41-35-34-36-42-53/h14-17,20-23,34-36,39-43,46,52,57,59-61,65-66H,5-13,18-19,24-33,37-38,44-45,47-51H2,1-4H3/b16-14-,17-15-,22-20-,23-21-/t52-,59-,60-,61?/m0/s1. The summed E-state index contributed by atoms with van der Waals surface area (Å²) >= 11 is 0. The molecule has 1 aliphatic rings. The molecule has 1 unspecified atom stereocenters. The van der Waals surface area contributed by atoms with E-state index in [0.29, 0.717) is 25.7 Å². The molecule has 0 fully saturated rings. The van der Waals surface area contributed by atoms with E-state index in [1.165, 1.54) is 38.5 Å². The van der Waals surface area contributed by atoms with Crippen LogP contribution in [0.5, 0.6) is 0 Å². The van der Waals surface area contributed by atoms with Crippen LogP contribution in [0.2, 0.25) is 0 Å². The number of ketones is 3. The summed E-state index contributed by atoms with van der Waals surface area (Å²) in [6.45, 7) is 8.15. The molecular formula is C64H96N2O8. The lowest BCUT2D eigenvalue weighted by atomic mass is 9.89. The number of hydrogen-bond donors (Lipinski definition) is 2. The Kier molecular flexibility index (Phi) is 35.4. The van der Waals surface area contributed by atoms with Gasteiger partial charge in [-0.3, -0.25) is 29.8 Å². The van der Waals surface area contributed by atoms with Crippen molar-refractivity contribution in [3.8, 4) is 0 Å². The second-order valence-corrected chi connectivity index (χ2v) is 20.2. The normalized spacial score (nSPS) is 15.5. The molecule has 0 aromatic heterocycles. The molecule has 10 nitrogen and oxygen atoms in total. The van der Waals surface area contributed by atoms with E-state index in [1.807, 2.05) is 54.6 Å². The maximum atomic E-state index is 14.3. The summed E-state index contributed by atoms with van der Waals surface area (Å²) in [7, 11) is 0. The summed E-state index contributed by atoms with van der Waals surface area (Å²) in [5.74, 6) is -0.739. The molecule has 0 saturated carbocycles. The van der Waals surface area contributed by atoms with Crippen LogP contribution in [0.1, 0.15) is 224 Å². The van der Waals surface area contributed by atoms with Crippen LogP contribution in [0, 0.1) is 0 Å². The highest BCUT2D eigenvalue weighted by molar-refractivity contribution is 5.91. The molecule has 1 aliphatic heterocycles. The van der Waals surface area contributed by atoms with E-state index in [4.69, 9.17) is 14.2 Å². The fourth-order valence-corrected chi connectivity index (χ4v) is 9.36. The van der Waals surface area contributed by atoms with Crippen LogP contribution in [0.25, 0.3) is 0 Å². The number of allylic oxidation sites excluding steroid dienone is 8. The Balaban J connectivity index is 1.55. The highest BCUT2D eigenvalue weighted by Gasteiger charge is 2.37. The van der Waals surface area contributed by atoms with E-state index in [0.717, 1.165) is 119 Å². The molecular weight excluding hydrogens is 925 g/mol. The molecule has 0 bridgehead atoms. The van der Waals surface area contributed by atoms with Crippen molar-refractivity contribution >= 4 is 29.5 Å². The zero-order valence-electron chi connectivity index (χ0n) is 46.2. The number of esters is 1. The van der Waals surface area contributed by atoms with E-state index in [2.05, 4.69) is 73.1 Å². The third kappa shape index (κ3) is 29.2. The van der Waals surface area contributed by atoms with Crippen LogP contribution < -0.4 is 10.6 Å². The number of nitrogens with one attached hydrogen (secondary N) is 2. The van der Waals surface area contributed by atoms with Crippen LogP contribution >= 0.6 is 0 Å². The number of ether oxygens (including phenoxy) is 3. The molecule has 1 heterocycles. The Morgan fingerprint density at radius 2 is 1.12 bits per heavy atom. The molecule has 10 heteroatoms. The molecule has 2 aromatic rings. The second kappa shape index (κ2) is 41.3. The third-order valence-electron chi connectivity index (χ3n) is 13.6. The van der Waals surface area contributed by atoms with Crippen molar-refractivity contribution < 1.29 is 38.2 Å². The monoisotopic (exact) mass is 1020 g/mol. The van der Waals surface area contributed by atoms with E-state index in [9.17, 15) is 24.0 Å². The van der Waals surface area contributed by atoms with Crippen molar-refractivity contribution in [2.75, 3.05) is 6.61 Å². The summed E-state index contributed by atoms with van der Waals surface area (Å²) in [6, 6.07) is 15.0. The van der Waals surface area contributed by atoms with Gasteiger partial charge in [0, 0.05) is 32.1 Å². The van der Waals surface area contributed by atoms with Gasteiger partial charge in [0.15, 0.2) is 12.0 Å². The number of hydrogen-bond acceptors (Lipinski definition) is 10. The van der Waals surface area contributed by atoms with Gasteiger partial charge < -0.3 is 14.2 Å². The SMILES string of the molecule is CCCCC/C=C\C/C=C\CCCCCCCC(=O)CC(CC(=O)CCCCCCC/C=C\C/C=C\CCCCC)OC(=O)O[C@H]1Cc2ccccc2C(C(=O)[C@H](C)N[C@@H](CCc2ccccc2)C(=O)OCC)N1. The van der Waals surface area contributed by atoms with Crippen molar-refractivity contribution in [3.05, 3.63) is 120 Å². The summed E-state index contributed by atoms with van der Waals surface area (Å²) in [5.41, 5.74) is 2.66. The van der Waals surface area contributed by atoms with Gasteiger partial charge in [0.1, 0.15) is 23.7 Å². The first-order valence-corrected chi connectivity index (χ1v) is 29.0. The number of fused-ring (bicyclic) bond motifs is 1. The number of benzene rings is 2. The number of aryl methyl sites for hydroxylation is 1. The number of Topliss-reactive ketones (excluding diaryl/α,β-unsaturated/α-hetero) is 3. The minimum Gasteiger partial charge on any atom is -0.465 e. The first kappa shape index (κ1) is 63.4. The molecule has 0 saturated heterocycles. The quantitative estimate of drug-likeness (QED) is 0.0375. The van der Waals surface area contributed by atoms with Gasteiger partial charge in [-0.05, 0) is 120 Å². The second-order valence-electron chi connectivity index (χ2n) is 20.2. The maximum Gasteiger partial charge on any atom is 0.510 e. The molecule has 410 valence electrons. The Labute approximate surface area is 447 Å². The first-order valence-electron chi connectivity index (χ1n) is 29.0. The van der Waals surface area contributed by atoms with Gasteiger partial charge in [0.2, 0.25) is 0 Å². The Bertz CT molecular complexity index is 1910. The van der Waals surface area contributed by atoms with E-state index in [-0.39, 0.29) is 43.2 Å². The van der Waals surface area contributed by atoms with E-state index < -0.39 is 42.6 Å². The number of carbonyl (C=O) groups is 5. The van der Waals surface area contributed by atoms with Gasteiger partial charge in [0.25, 0.3) is 0 Å². The lowest BCUT2D eigenvalue weighted by Crippen LogP contribution is -2.52. The minimum absolute atomic E-state index is 0.0416. The lowest BCUT2D eigenvalue weighted by molar-refractivity contribution is -0.146. The van der Waals surface area contributed by atoms with Crippen molar-refractivity contribution in [1.82, 2.24) is 10.6 Å². The minimum atomic E-state index is -0.998. The summed E-state index contributed by atoms with van der Waals surface area (Å²) in [6.07, 6.45) is 41.1. The number of unbranched alkanes of at least 4 members (excludes halogenated alkanes) is 16. The zero-order valence-corrected chi connectivity index (χ0v) is 46.2. The van der Waals surface area contributed by atoms with Gasteiger partial charge >= 0.3 is 12.1 Å². The summed E-state index contributed by atoms with van der Waals surface area (Å²) in [5, 5.41) is 6.46. The van der Waals surface area contributed by atoms with Gasteiger partial charge in [-0.15, -0.1) is 0 Å². The van der Waals surface area contributed by atoms with Crippen molar-refractivity contribution in [2.24, 2.45) is 0 Å². The zero-order chi connectivity index (χ0) is 53.3. The fourth-order valence-electron chi connectivity index (χ4n) is 9.36. The predicted molar refractivity (Wildman–Crippen MR) is 302 cm³/mol. The molecule has 4 atom stereocenters. The van der Waals surface area contributed by atoms with Gasteiger partial charge in [0.05, 0.1) is 18.7 Å². The summed E-state index contributed by atoms with van der Waals surface area (Å²) in [4.78, 5) is 67.8. The van der Waals surface area contributed by atoms with Crippen LogP contribution in [-0.4, -0.2) is 60.5 Å². The average molecular weight is 1020 g/mol. The maximum absolute atomic E-state index is 14.3. The van der Waals surface area contributed by atoms with Crippen molar-refractivity contribution in [3.63, 3.8) is 0 Å². The van der Waals surface area contributed by atoms with Crippen LogP contribution in [0.15, 0.2) is 103 Å². The van der Waals surface area contributed by atoms with Crippen LogP contribution in [-0.2, 0) is 46.2 Å². The summed E-state index contributed by atoms with van der Waals surface area (Å²) < 4.78 is 17.1. The molecule has 0 amide bonds. The molecule has 2 aromatic carbocycles. The highest BCUT2D eigenvalue weighted by atomic mass is 16.7. The molecule has 3 rings (SSSR count). The van der Waals surface area contributed by atoms with Gasteiger partial charge in [-0.25, -0.2) is 4.79 Å². The number of carbonyl (C=O) groups excluding carboxylic acids is 5.